The Morgan fingerprint density at radius 3 is 1.93 bits per heavy atom. The summed E-state index contributed by atoms with van der Waals surface area (Å²) in [5, 5.41) is 3.54. The van der Waals surface area contributed by atoms with E-state index in [0.29, 0.717) is 0 Å². The predicted molar refractivity (Wildman–Crippen MR) is 65.6 cm³/mol. The molecule has 0 aromatic rings. The van der Waals surface area contributed by atoms with Crippen molar-refractivity contribution in [1.29, 1.82) is 0 Å². The summed E-state index contributed by atoms with van der Waals surface area (Å²) in [6.45, 7) is 13.9. The molecule has 1 nitrogen and oxygen atoms in total. The topological polar surface area (TPSA) is 12.0 Å². The van der Waals surface area contributed by atoms with Gasteiger partial charge in [0, 0.05) is 0 Å². The molecule has 86 valence electrons. The average molecular weight is 199 g/mol. The van der Waals surface area contributed by atoms with Crippen molar-refractivity contribution in [2.75, 3.05) is 13.1 Å². The van der Waals surface area contributed by atoms with Crippen LogP contribution in [-0.4, -0.2) is 13.1 Å². The SMILES string of the molecule is CCC(CC)CC(C)CNCC(C)C. The first-order valence-corrected chi connectivity index (χ1v) is 6.30. The molecule has 0 saturated carbocycles. The standard InChI is InChI=1S/C13H29N/c1-6-13(7-2)8-12(5)10-14-9-11(3)4/h11-14H,6-10H2,1-5H3. The van der Waals surface area contributed by atoms with Gasteiger partial charge in [-0.3, -0.25) is 0 Å². The van der Waals surface area contributed by atoms with Gasteiger partial charge in [-0.25, -0.2) is 0 Å². The highest BCUT2D eigenvalue weighted by atomic mass is 14.9. The van der Waals surface area contributed by atoms with Gasteiger partial charge in [0.2, 0.25) is 0 Å². The third-order valence-corrected chi connectivity index (χ3v) is 2.94. The molecule has 0 heterocycles. The third kappa shape index (κ3) is 7.37. The molecule has 1 unspecified atom stereocenters. The molecule has 0 aromatic heterocycles. The normalized spacial score (nSPS) is 13.9. The fourth-order valence-corrected chi connectivity index (χ4v) is 1.89. The number of nitrogens with one attached hydrogen (secondary N) is 1. The van der Waals surface area contributed by atoms with Crippen LogP contribution in [0.15, 0.2) is 0 Å². The fourth-order valence-electron chi connectivity index (χ4n) is 1.89. The monoisotopic (exact) mass is 199 g/mol. The smallest absolute Gasteiger partial charge is 0.00229 e. The highest BCUT2D eigenvalue weighted by Gasteiger charge is 2.09. The highest BCUT2D eigenvalue weighted by molar-refractivity contribution is 4.64. The van der Waals surface area contributed by atoms with Gasteiger partial charge in [-0.05, 0) is 37.3 Å². The van der Waals surface area contributed by atoms with E-state index >= 15 is 0 Å². The van der Waals surface area contributed by atoms with Crippen LogP contribution in [0.2, 0.25) is 0 Å². The molecule has 0 bridgehead atoms. The molecular weight excluding hydrogens is 170 g/mol. The quantitative estimate of drug-likeness (QED) is 0.628. The maximum Gasteiger partial charge on any atom is -0.00229 e. The van der Waals surface area contributed by atoms with E-state index in [1.807, 2.05) is 0 Å². The van der Waals surface area contributed by atoms with Crippen LogP contribution in [0.5, 0.6) is 0 Å². The Morgan fingerprint density at radius 1 is 0.929 bits per heavy atom. The van der Waals surface area contributed by atoms with Gasteiger partial charge in [-0.2, -0.15) is 0 Å². The Bertz CT molecular complexity index is 116. The molecule has 1 heteroatoms. The third-order valence-electron chi connectivity index (χ3n) is 2.94. The highest BCUT2D eigenvalue weighted by Crippen LogP contribution is 2.18. The first kappa shape index (κ1) is 14.0. The predicted octanol–water partition coefficient (Wildman–Crippen LogP) is 3.69. The Kier molecular flexibility index (Phi) is 8.26. The summed E-state index contributed by atoms with van der Waals surface area (Å²) in [6.07, 6.45) is 4.06. The van der Waals surface area contributed by atoms with Crippen molar-refractivity contribution in [1.82, 2.24) is 5.32 Å². The van der Waals surface area contributed by atoms with E-state index in [1.54, 1.807) is 0 Å². The van der Waals surface area contributed by atoms with Gasteiger partial charge in [0.1, 0.15) is 0 Å². The molecule has 0 aromatic carbocycles. The van der Waals surface area contributed by atoms with Gasteiger partial charge in [-0.15, -0.1) is 0 Å². The summed E-state index contributed by atoms with van der Waals surface area (Å²) in [5.41, 5.74) is 0. The molecule has 0 rings (SSSR count). The summed E-state index contributed by atoms with van der Waals surface area (Å²) < 4.78 is 0. The molecule has 0 amide bonds. The lowest BCUT2D eigenvalue weighted by Gasteiger charge is -2.19. The van der Waals surface area contributed by atoms with Crippen LogP contribution in [0.3, 0.4) is 0 Å². The van der Waals surface area contributed by atoms with Crippen LogP contribution < -0.4 is 5.32 Å². The van der Waals surface area contributed by atoms with E-state index in [-0.39, 0.29) is 0 Å². The van der Waals surface area contributed by atoms with Crippen molar-refractivity contribution in [3.63, 3.8) is 0 Å². The molecule has 14 heavy (non-hydrogen) atoms. The molecular formula is C13H29N. The lowest BCUT2D eigenvalue weighted by molar-refractivity contribution is 0.353. The van der Waals surface area contributed by atoms with Crippen molar-refractivity contribution in [3.8, 4) is 0 Å². The largest absolute Gasteiger partial charge is 0.316 e. The zero-order chi connectivity index (χ0) is 11.0. The molecule has 0 fully saturated rings. The summed E-state index contributed by atoms with van der Waals surface area (Å²) in [5.74, 6) is 2.54. The minimum atomic E-state index is 0.773. The lowest BCUT2D eigenvalue weighted by Crippen LogP contribution is -2.26. The van der Waals surface area contributed by atoms with E-state index in [9.17, 15) is 0 Å². The van der Waals surface area contributed by atoms with Crippen LogP contribution in [0.4, 0.5) is 0 Å². The second-order valence-electron chi connectivity index (χ2n) is 5.08. The van der Waals surface area contributed by atoms with E-state index in [4.69, 9.17) is 0 Å². The van der Waals surface area contributed by atoms with E-state index in [1.165, 1.54) is 25.8 Å². The van der Waals surface area contributed by atoms with Gasteiger partial charge < -0.3 is 5.32 Å². The summed E-state index contributed by atoms with van der Waals surface area (Å²) >= 11 is 0. The van der Waals surface area contributed by atoms with Gasteiger partial charge in [0.25, 0.3) is 0 Å². The molecule has 0 aliphatic carbocycles. The van der Waals surface area contributed by atoms with E-state index < -0.39 is 0 Å². The van der Waals surface area contributed by atoms with Crippen LogP contribution in [-0.2, 0) is 0 Å². The minimum absolute atomic E-state index is 0.773. The Morgan fingerprint density at radius 2 is 1.50 bits per heavy atom. The maximum atomic E-state index is 3.54. The van der Waals surface area contributed by atoms with E-state index in [0.717, 1.165) is 24.3 Å². The van der Waals surface area contributed by atoms with Crippen LogP contribution >= 0.6 is 0 Å². The minimum Gasteiger partial charge on any atom is -0.316 e. The molecule has 1 N–H and O–H groups in total. The zero-order valence-electron chi connectivity index (χ0n) is 10.8. The second-order valence-corrected chi connectivity index (χ2v) is 5.08. The average Bonchev–Trinajstić information content (AvgIpc) is 2.13. The molecule has 0 aliphatic heterocycles. The summed E-state index contributed by atoms with van der Waals surface area (Å²) in [6, 6.07) is 0. The second kappa shape index (κ2) is 8.28. The van der Waals surface area contributed by atoms with Gasteiger partial charge >= 0.3 is 0 Å². The number of hydrogen-bond donors (Lipinski definition) is 1. The molecule has 0 spiro atoms. The maximum absolute atomic E-state index is 3.54. The first-order valence-electron chi connectivity index (χ1n) is 6.30. The van der Waals surface area contributed by atoms with Crippen molar-refractivity contribution >= 4 is 0 Å². The van der Waals surface area contributed by atoms with Gasteiger partial charge in [-0.1, -0.05) is 47.5 Å². The first-order chi connectivity index (χ1) is 6.60. The molecule has 1 atom stereocenters. The van der Waals surface area contributed by atoms with Crippen molar-refractivity contribution < 1.29 is 0 Å². The Hall–Kier alpha value is -0.0400. The van der Waals surface area contributed by atoms with Crippen LogP contribution in [0, 0.1) is 17.8 Å². The zero-order valence-corrected chi connectivity index (χ0v) is 10.8. The Labute approximate surface area is 90.7 Å². The fraction of sp³-hybridized carbons (Fsp3) is 1.00. The number of rotatable bonds is 8. The van der Waals surface area contributed by atoms with Crippen molar-refractivity contribution in [2.24, 2.45) is 17.8 Å². The molecule has 0 saturated heterocycles. The Balaban J connectivity index is 3.48. The van der Waals surface area contributed by atoms with Gasteiger partial charge in [0.15, 0.2) is 0 Å². The summed E-state index contributed by atoms with van der Waals surface area (Å²) in [4.78, 5) is 0. The van der Waals surface area contributed by atoms with Crippen LogP contribution in [0.25, 0.3) is 0 Å². The van der Waals surface area contributed by atoms with Crippen LogP contribution in [0.1, 0.15) is 53.9 Å². The van der Waals surface area contributed by atoms with Gasteiger partial charge in [0.05, 0.1) is 0 Å². The molecule has 0 aliphatic rings. The molecule has 0 radical (unpaired) electrons. The number of hydrogen-bond acceptors (Lipinski definition) is 1. The van der Waals surface area contributed by atoms with E-state index in [2.05, 4.69) is 39.9 Å². The lowest BCUT2D eigenvalue weighted by atomic mass is 9.91. The van der Waals surface area contributed by atoms with Crippen molar-refractivity contribution in [2.45, 2.75) is 53.9 Å². The van der Waals surface area contributed by atoms with Crippen molar-refractivity contribution in [3.05, 3.63) is 0 Å². The summed E-state index contributed by atoms with van der Waals surface area (Å²) in [7, 11) is 0.